The Balaban J connectivity index is 0.000000487. The normalized spacial score (nSPS) is 10.9. The number of rotatable bonds is 6. The zero-order valence-corrected chi connectivity index (χ0v) is 15.1. The predicted molar refractivity (Wildman–Crippen MR) is 91.8 cm³/mol. The third-order valence-electron chi connectivity index (χ3n) is 3.07. The molecule has 1 heterocycles. The van der Waals surface area contributed by atoms with E-state index in [1.54, 1.807) is 24.5 Å². The summed E-state index contributed by atoms with van der Waals surface area (Å²) in [5, 5.41) is 18.0. The smallest absolute Gasteiger partial charge is 0.414 e. The molecule has 0 unspecified atom stereocenters. The van der Waals surface area contributed by atoms with Crippen LogP contribution in [0.4, 0.5) is 0 Å². The number of carboxylic acid groups (broad SMARTS) is 2. The molecule has 0 atom stereocenters. The number of carbonyl (C=O) groups is 2. The SMILES string of the molecule is CN(C)S(=O)(=O)c1cccc(CNCc2ccco2)c1.O=C(O)C(=O)O. The number of sulfonamides is 1. The first-order valence-corrected chi connectivity index (χ1v) is 8.79. The van der Waals surface area contributed by atoms with Crippen LogP contribution in [0.5, 0.6) is 0 Å². The summed E-state index contributed by atoms with van der Waals surface area (Å²) in [5.74, 6) is -2.80. The fourth-order valence-electron chi connectivity index (χ4n) is 1.77. The summed E-state index contributed by atoms with van der Waals surface area (Å²) in [6.07, 6.45) is 1.63. The van der Waals surface area contributed by atoms with Gasteiger partial charge in [0.05, 0.1) is 17.7 Å². The van der Waals surface area contributed by atoms with Gasteiger partial charge >= 0.3 is 11.9 Å². The largest absolute Gasteiger partial charge is 0.473 e. The third kappa shape index (κ3) is 6.67. The first kappa shape index (κ1) is 21.4. The monoisotopic (exact) mass is 384 g/mol. The number of nitrogens with one attached hydrogen (secondary N) is 1. The zero-order chi connectivity index (χ0) is 19.7. The summed E-state index contributed by atoms with van der Waals surface area (Å²) in [6, 6.07) is 10.7. The lowest BCUT2D eigenvalue weighted by molar-refractivity contribution is -0.159. The van der Waals surface area contributed by atoms with Crippen molar-refractivity contribution in [1.29, 1.82) is 0 Å². The second kappa shape index (κ2) is 9.70. The van der Waals surface area contributed by atoms with Crippen molar-refractivity contribution in [3.63, 3.8) is 0 Å². The Morgan fingerprint density at radius 1 is 1.08 bits per heavy atom. The van der Waals surface area contributed by atoms with Crippen LogP contribution in [-0.2, 0) is 32.7 Å². The van der Waals surface area contributed by atoms with Crippen LogP contribution < -0.4 is 5.32 Å². The highest BCUT2D eigenvalue weighted by atomic mass is 32.2. The van der Waals surface area contributed by atoms with Crippen LogP contribution in [0.15, 0.2) is 52.0 Å². The second-order valence-corrected chi connectivity index (χ2v) is 7.38. The maximum absolute atomic E-state index is 12.0. The van der Waals surface area contributed by atoms with Gasteiger partial charge < -0.3 is 19.9 Å². The molecule has 2 rings (SSSR count). The van der Waals surface area contributed by atoms with Crippen LogP contribution in [0.2, 0.25) is 0 Å². The Labute approximate surface area is 150 Å². The molecule has 0 aliphatic rings. The van der Waals surface area contributed by atoms with E-state index in [1.165, 1.54) is 18.4 Å². The molecular formula is C16H20N2O7S. The van der Waals surface area contributed by atoms with Gasteiger partial charge in [0.15, 0.2) is 0 Å². The quantitative estimate of drug-likeness (QED) is 0.627. The minimum Gasteiger partial charge on any atom is -0.473 e. The van der Waals surface area contributed by atoms with Crippen molar-refractivity contribution in [3.05, 3.63) is 54.0 Å². The molecule has 0 bridgehead atoms. The van der Waals surface area contributed by atoms with Crippen molar-refractivity contribution in [3.8, 4) is 0 Å². The van der Waals surface area contributed by atoms with Gasteiger partial charge in [0.1, 0.15) is 5.76 Å². The summed E-state index contributed by atoms with van der Waals surface area (Å²) in [7, 11) is -0.331. The van der Waals surface area contributed by atoms with Crippen molar-refractivity contribution in [1.82, 2.24) is 9.62 Å². The third-order valence-corrected chi connectivity index (χ3v) is 4.88. The number of benzene rings is 1. The Morgan fingerprint density at radius 2 is 1.73 bits per heavy atom. The highest BCUT2D eigenvalue weighted by molar-refractivity contribution is 7.89. The van der Waals surface area contributed by atoms with E-state index in [0.717, 1.165) is 11.3 Å². The van der Waals surface area contributed by atoms with Crippen molar-refractivity contribution in [2.24, 2.45) is 0 Å². The Kier molecular flexibility index (Phi) is 7.97. The maximum Gasteiger partial charge on any atom is 0.414 e. The van der Waals surface area contributed by atoms with Crippen LogP contribution in [0.3, 0.4) is 0 Å². The van der Waals surface area contributed by atoms with Gasteiger partial charge in [-0.1, -0.05) is 12.1 Å². The Hall–Kier alpha value is -2.69. The zero-order valence-electron chi connectivity index (χ0n) is 14.2. The van der Waals surface area contributed by atoms with Crippen molar-refractivity contribution in [2.45, 2.75) is 18.0 Å². The van der Waals surface area contributed by atoms with Crippen LogP contribution in [0.1, 0.15) is 11.3 Å². The molecule has 2 aromatic rings. The van der Waals surface area contributed by atoms with Gasteiger partial charge in [-0.05, 0) is 29.8 Å². The molecule has 1 aromatic heterocycles. The van der Waals surface area contributed by atoms with E-state index < -0.39 is 22.0 Å². The molecule has 0 saturated carbocycles. The molecule has 0 amide bonds. The molecule has 0 aliphatic heterocycles. The number of aliphatic carboxylic acids is 2. The lowest BCUT2D eigenvalue weighted by Gasteiger charge is -2.12. The van der Waals surface area contributed by atoms with E-state index in [-0.39, 0.29) is 0 Å². The Morgan fingerprint density at radius 3 is 2.23 bits per heavy atom. The molecule has 0 spiro atoms. The highest BCUT2D eigenvalue weighted by Crippen LogP contribution is 2.14. The van der Waals surface area contributed by atoms with E-state index in [4.69, 9.17) is 24.2 Å². The van der Waals surface area contributed by atoms with E-state index >= 15 is 0 Å². The minimum absolute atomic E-state index is 0.305. The fourth-order valence-corrected chi connectivity index (χ4v) is 2.74. The summed E-state index contributed by atoms with van der Waals surface area (Å²) in [4.78, 5) is 18.5. The average molecular weight is 384 g/mol. The van der Waals surface area contributed by atoms with Crippen molar-refractivity contribution < 1.29 is 32.6 Å². The van der Waals surface area contributed by atoms with Crippen LogP contribution >= 0.6 is 0 Å². The average Bonchev–Trinajstić information content (AvgIpc) is 3.09. The topological polar surface area (TPSA) is 137 Å². The number of hydrogen-bond donors (Lipinski definition) is 3. The molecular weight excluding hydrogens is 364 g/mol. The van der Waals surface area contributed by atoms with Gasteiger partial charge in [-0.25, -0.2) is 22.3 Å². The molecule has 0 saturated heterocycles. The first-order chi connectivity index (χ1) is 12.1. The van der Waals surface area contributed by atoms with E-state index in [1.807, 2.05) is 18.2 Å². The molecule has 9 nitrogen and oxygen atoms in total. The summed E-state index contributed by atoms with van der Waals surface area (Å²) < 4.78 is 30.5. The molecule has 0 radical (unpaired) electrons. The van der Waals surface area contributed by atoms with Gasteiger partial charge in [-0.2, -0.15) is 0 Å². The first-order valence-electron chi connectivity index (χ1n) is 7.35. The van der Waals surface area contributed by atoms with Gasteiger partial charge in [0.2, 0.25) is 10.0 Å². The second-order valence-electron chi connectivity index (χ2n) is 5.23. The van der Waals surface area contributed by atoms with Crippen LogP contribution in [0, 0.1) is 0 Å². The summed E-state index contributed by atoms with van der Waals surface area (Å²) in [5.41, 5.74) is 0.916. The molecule has 1 aromatic carbocycles. The molecule has 26 heavy (non-hydrogen) atoms. The van der Waals surface area contributed by atoms with Gasteiger partial charge in [-0.15, -0.1) is 0 Å². The molecule has 142 valence electrons. The van der Waals surface area contributed by atoms with Gasteiger partial charge in [0.25, 0.3) is 0 Å². The molecule has 0 fully saturated rings. The van der Waals surface area contributed by atoms with Crippen molar-refractivity contribution >= 4 is 22.0 Å². The minimum atomic E-state index is -3.38. The number of nitrogens with zero attached hydrogens (tertiary/aromatic N) is 1. The molecule has 10 heteroatoms. The van der Waals surface area contributed by atoms with Gasteiger partial charge in [0, 0.05) is 20.6 Å². The predicted octanol–water partition coefficient (Wildman–Crippen LogP) is 0.975. The standard InChI is InChI=1S/C14H18N2O3S.C2H2O4/c1-16(2)20(17,18)14-7-3-5-12(9-14)10-15-11-13-6-4-8-19-13;3-1(4)2(5)6/h3-9,15H,10-11H2,1-2H3;(H,3,4)(H,5,6). The summed E-state index contributed by atoms with van der Waals surface area (Å²) in [6.45, 7) is 1.19. The van der Waals surface area contributed by atoms with Crippen LogP contribution in [-0.4, -0.2) is 49.0 Å². The summed E-state index contributed by atoms with van der Waals surface area (Å²) >= 11 is 0. The lowest BCUT2D eigenvalue weighted by Crippen LogP contribution is -2.22. The maximum atomic E-state index is 12.0. The Bertz CT molecular complexity index is 818. The number of hydrogen-bond acceptors (Lipinski definition) is 6. The van der Waals surface area contributed by atoms with E-state index in [9.17, 15) is 8.42 Å². The van der Waals surface area contributed by atoms with Crippen molar-refractivity contribution in [2.75, 3.05) is 14.1 Å². The highest BCUT2D eigenvalue weighted by Gasteiger charge is 2.16. The van der Waals surface area contributed by atoms with E-state index in [0.29, 0.717) is 18.0 Å². The van der Waals surface area contributed by atoms with Crippen LogP contribution in [0.25, 0.3) is 0 Å². The lowest BCUT2D eigenvalue weighted by atomic mass is 10.2. The molecule has 0 aliphatic carbocycles. The van der Waals surface area contributed by atoms with Gasteiger partial charge in [-0.3, -0.25) is 0 Å². The number of carboxylic acids is 2. The number of furan rings is 1. The van der Waals surface area contributed by atoms with E-state index in [2.05, 4.69) is 5.32 Å². The fraction of sp³-hybridized carbons (Fsp3) is 0.250. The molecule has 3 N–H and O–H groups in total.